The zero-order valence-corrected chi connectivity index (χ0v) is 11.4. The first-order chi connectivity index (χ1) is 9.65. The van der Waals surface area contributed by atoms with Crippen LogP contribution in [0.3, 0.4) is 0 Å². The Balaban J connectivity index is 2.01. The van der Waals surface area contributed by atoms with E-state index in [1.54, 1.807) is 6.92 Å². The smallest absolute Gasteiger partial charge is 0.246 e. The van der Waals surface area contributed by atoms with E-state index in [0.29, 0.717) is 12.1 Å². The molecule has 0 radical (unpaired) electrons. The van der Waals surface area contributed by atoms with Crippen LogP contribution < -0.4 is 10.1 Å². The van der Waals surface area contributed by atoms with Crippen LogP contribution in [0.4, 0.5) is 0 Å². The van der Waals surface area contributed by atoms with E-state index < -0.39 is 0 Å². The molecule has 0 fully saturated rings. The molecule has 102 valence electrons. The van der Waals surface area contributed by atoms with Crippen molar-refractivity contribution in [1.82, 2.24) is 5.32 Å². The summed E-state index contributed by atoms with van der Waals surface area (Å²) >= 11 is 0. The summed E-state index contributed by atoms with van der Waals surface area (Å²) in [6, 6.07) is 17.2. The van der Waals surface area contributed by atoms with Crippen LogP contribution in [-0.2, 0) is 11.3 Å². The molecule has 3 heteroatoms. The van der Waals surface area contributed by atoms with Gasteiger partial charge in [0.15, 0.2) is 0 Å². The highest BCUT2D eigenvalue weighted by molar-refractivity contribution is 5.91. The van der Waals surface area contributed by atoms with Crippen LogP contribution in [0.2, 0.25) is 0 Å². The van der Waals surface area contributed by atoms with E-state index in [-0.39, 0.29) is 5.91 Å². The molecule has 0 spiro atoms. The number of hydrogen-bond donors (Lipinski definition) is 1. The lowest BCUT2D eigenvalue weighted by Crippen LogP contribution is -2.22. The van der Waals surface area contributed by atoms with Crippen molar-refractivity contribution in [3.63, 3.8) is 0 Å². The average Bonchev–Trinajstić information content (AvgIpc) is 2.46. The molecule has 0 unspecified atom stereocenters. The lowest BCUT2D eigenvalue weighted by Gasteiger charge is -2.08. The number of amides is 1. The third-order valence-corrected chi connectivity index (χ3v) is 2.72. The Hall–Kier alpha value is -2.55. The zero-order valence-electron chi connectivity index (χ0n) is 11.4. The third-order valence-electron chi connectivity index (χ3n) is 2.72. The molecule has 0 aliphatic carbocycles. The van der Waals surface area contributed by atoms with Crippen molar-refractivity contribution in [2.75, 3.05) is 0 Å². The molecular weight excluding hydrogens is 250 g/mol. The predicted molar refractivity (Wildman–Crippen MR) is 79.6 cm³/mol. The van der Waals surface area contributed by atoms with Gasteiger partial charge in [0.25, 0.3) is 0 Å². The second-order valence-electron chi connectivity index (χ2n) is 4.53. The monoisotopic (exact) mass is 267 g/mol. The van der Waals surface area contributed by atoms with Crippen LogP contribution in [0.5, 0.6) is 11.5 Å². The van der Waals surface area contributed by atoms with Crippen LogP contribution in [0.1, 0.15) is 12.5 Å². The highest BCUT2D eigenvalue weighted by Crippen LogP contribution is 2.21. The minimum atomic E-state index is -0.139. The Morgan fingerprint density at radius 2 is 1.80 bits per heavy atom. The number of ether oxygens (including phenoxy) is 1. The van der Waals surface area contributed by atoms with E-state index in [1.807, 2.05) is 54.6 Å². The topological polar surface area (TPSA) is 38.3 Å². The molecule has 2 aromatic carbocycles. The summed E-state index contributed by atoms with van der Waals surface area (Å²) in [5, 5.41) is 2.80. The fraction of sp³-hybridized carbons (Fsp3) is 0.118. The minimum Gasteiger partial charge on any atom is -0.457 e. The van der Waals surface area contributed by atoms with Gasteiger partial charge in [0.05, 0.1) is 0 Å². The number of para-hydroxylation sites is 1. The van der Waals surface area contributed by atoms with E-state index in [2.05, 4.69) is 11.9 Å². The molecule has 0 aromatic heterocycles. The lowest BCUT2D eigenvalue weighted by atomic mass is 10.2. The molecule has 0 heterocycles. The molecule has 0 atom stereocenters. The van der Waals surface area contributed by atoms with Crippen molar-refractivity contribution in [2.45, 2.75) is 13.5 Å². The number of hydrogen-bond acceptors (Lipinski definition) is 2. The first-order valence-corrected chi connectivity index (χ1v) is 6.41. The van der Waals surface area contributed by atoms with E-state index in [9.17, 15) is 4.79 Å². The van der Waals surface area contributed by atoms with Crippen LogP contribution >= 0.6 is 0 Å². The second-order valence-corrected chi connectivity index (χ2v) is 4.53. The molecule has 2 rings (SSSR count). The molecule has 20 heavy (non-hydrogen) atoms. The Kier molecular flexibility index (Phi) is 4.56. The van der Waals surface area contributed by atoms with E-state index in [1.165, 1.54) is 0 Å². The fourth-order valence-electron chi connectivity index (χ4n) is 1.68. The van der Waals surface area contributed by atoms with E-state index in [0.717, 1.165) is 17.1 Å². The van der Waals surface area contributed by atoms with E-state index in [4.69, 9.17) is 4.74 Å². The van der Waals surface area contributed by atoms with Gasteiger partial charge in [0.2, 0.25) is 5.91 Å². The van der Waals surface area contributed by atoms with Gasteiger partial charge in [0, 0.05) is 12.1 Å². The van der Waals surface area contributed by atoms with Crippen LogP contribution in [-0.4, -0.2) is 5.91 Å². The molecular formula is C17H17NO2. The number of nitrogens with one attached hydrogen (secondary N) is 1. The molecule has 1 N–H and O–H groups in total. The fourth-order valence-corrected chi connectivity index (χ4v) is 1.68. The number of benzene rings is 2. The van der Waals surface area contributed by atoms with Gasteiger partial charge in [-0.1, -0.05) is 36.9 Å². The van der Waals surface area contributed by atoms with Gasteiger partial charge < -0.3 is 10.1 Å². The maximum Gasteiger partial charge on any atom is 0.246 e. The van der Waals surface area contributed by atoms with Gasteiger partial charge in [-0.25, -0.2) is 0 Å². The Morgan fingerprint density at radius 1 is 1.10 bits per heavy atom. The van der Waals surface area contributed by atoms with Gasteiger partial charge in [0.1, 0.15) is 11.5 Å². The normalized spacial score (nSPS) is 9.85. The molecule has 0 aliphatic heterocycles. The molecule has 0 saturated heterocycles. The highest BCUT2D eigenvalue weighted by Gasteiger charge is 2.02. The summed E-state index contributed by atoms with van der Waals surface area (Å²) in [5.74, 6) is 1.40. The molecule has 2 aromatic rings. The largest absolute Gasteiger partial charge is 0.457 e. The van der Waals surface area contributed by atoms with Crippen molar-refractivity contribution in [3.05, 3.63) is 72.3 Å². The molecule has 3 nitrogen and oxygen atoms in total. The summed E-state index contributed by atoms with van der Waals surface area (Å²) in [4.78, 5) is 11.5. The van der Waals surface area contributed by atoms with Gasteiger partial charge in [-0.15, -0.1) is 0 Å². The standard InChI is InChI=1S/C17H17NO2/c1-13(2)17(19)18-12-14-7-6-10-16(11-14)20-15-8-4-3-5-9-15/h3-11H,1,12H2,2H3,(H,18,19). The molecule has 0 saturated carbocycles. The van der Waals surface area contributed by atoms with Crippen LogP contribution in [0.15, 0.2) is 66.7 Å². The van der Waals surface area contributed by atoms with Gasteiger partial charge in [-0.3, -0.25) is 4.79 Å². The lowest BCUT2D eigenvalue weighted by molar-refractivity contribution is -0.117. The Morgan fingerprint density at radius 3 is 2.50 bits per heavy atom. The van der Waals surface area contributed by atoms with Gasteiger partial charge in [-0.2, -0.15) is 0 Å². The van der Waals surface area contributed by atoms with Crippen molar-refractivity contribution in [1.29, 1.82) is 0 Å². The average molecular weight is 267 g/mol. The Bertz CT molecular complexity index is 605. The van der Waals surface area contributed by atoms with E-state index >= 15 is 0 Å². The van der Waals surface area contributed by atoms with Gasteiger partial charge >= 0.3 is 0 Å². The van der Waals surface area contributed by atoms with Crippen LogP contribution in [0.25, 0.3) is 0 Å². The van der Waals surface area contributed by atoms with Crippen molar-refractivity contribution in [2.24, 2.45) is 0 Å². The second kappa shape index (κ2) is 6.57. The number of carbonyl (C=O) groups is 1. The third kappa shape index (κ3) is 3.99. The van der Waals surface area contributed by atoms with Crippen molar-refractivity contribution < 1.29 is 9.53 Å². The first kappa shape index (κ1) is 13.9. The SMILES string of the molecule is C=C(C)C(=O)NCc1cccc(Oc2ccccc2)c1. The molecule has 1 amide bonds. The quantitative estimate of drug-likeness (QED) is 0.839. The summed E-state index contributed by atoms with van der Waals surface area (Å²) in [6.45, 7) is 5.74. The number of rotatable bonds is 5. The maximum atomic E-state index is 11.5. The summed E-state index contributed by atoms with van der Waals surface area (Å²) in [5.41, 5.74) is 1.48. The van der Waals surface area contributed by atoms with Crippen LogP contribution in [0, 0.1) is 0 Å². The maximum absolute atomic E-state index is 11.5. The summed E-state index contributed by atoms with van der Waals surface area (Å²) in [6.07, 6.45) is 0. The minimum absolute atomic E-state index is 0.139. The van der Waals surface area contributed by atoms with Crippen molar-refractivity contribution in [3.8, 4) is 11.5 Å². The predicted octanol–water partition coefficient (Wildman–Crippen LogP) is 3.67. The summed E-state index contributed by atoms with van der Waals surface area (Å²) < 4.78 is 5.74. The molecule has 0 aliphatic rings. The number of carbonyl (C=O) groups excluding carboxylic acids is 1. The summed E-state index contributed by atoms with van der Waals surface area (Å²) in [7, 11) is 0. The molecule has 0 bridgehead atoms. The highest BCUT2D eigenvalue weighted by atomic mass is 16.5. The zero-order chi connectivity index (χ0) is 14.4. The van der Waals surface area contributed by atoms with Gasteiger partial charge in [-0.05, 0) is 36.8 Å². The first-order valence-electron chi connectivity index (χ1n) is 6.41. The Labute approximate surface area is 118 Å². The van der Waals surface area contributed by atoms with Crippen molar-refractivity contribution >= 4 is 5.91 Å².